The molecule has 0 N–H and O–H groups in total. The van der Waals surface area contributed by atoms with E-state index in [4.69, 9.17) is 23.7 Å². The summed E-state index contributed by atoms with van der Waals surface area (Å²) in [7, 11) is 1.39. The van der Waals surface area contributed by atoms with E-state index < -0.39 is 48.2 Å². The molecule has 1 aliphatic rings. The number of benzene rings is 5. The van der Waals surface area contributed by atoms with Crippen molar-refractivity contribution in [1.82, 2.24) is 0 Å². The molecule has 5 aromatic rings. The molecule has 5 aromatic carbocycles. The zero-order chi connectivity index (χ0) is 34.8. The minimum atomic E-state index is -1.32. The summed E-state index contributed by atoms with van der Waals surface area (Å²) in [4.78, 5) is 30.0. The Morgan fingerprint density at radius 3 is 1.46 bits per heavy atom. The molecule has 0 saturated carbocycles. The third-order valence-electron chi connectivity index (χ3n) is 8.55. The van der Waals surface area contributed by atoms with Gasteiger partial charge in [-0.3, -0.25) is 0 Å². The number of methoxy groups -OCH3 is 1. The molecule has 1 saturated heterocycles. The third-order valence-corrected chi connectivity index (χ3v) is 8.55. The molecule has 6 rings (SSSR count). The predicted molar refractivity (Wildman–Crippen MR) is 185 cm³/mol. The molecule has 0 aliphatic carbocycles. The second-order valence-corrected chi connectivity index (χ2v) is 11.5. The van der Waals surface area contributed by atoms with E-state index in [0.717, 1.165) is 16.7 Å². The molecule has 1 fully saturated rings. The molecular weight excluding hydrogens is 634 g/mol. The van der Waals surface area contributed by atoms with Gasteiger partial charge in [-0.15, -0.1) is 0 Å². The first kappa shape index (κ1) is 34.1. The van der Waals surface area contributed by atoms with Gasteiger partial charge in [0.25, 0.3) is 0 Å². The van der Waals surface area contributed by atoms with Gasteiger partial charge in [-0.05, 0) is 46.5 Å². The van der Waals surface area contributed by atoms with E-state index in [-0.39, 0.29) is 17.7 Å². The molecule has 10 nitrogen and oxygen atoms in total. The normalized spacial score (nSPS) is 20.2. The molecule has 50 heavy (non-hydrogen) atoms. The first-order valence-corrected chi connectivity index (χ1v) is 16.1. The number of nitrogens with zero attached hydrogens (tertiary/aromatic N) is 3. The van der Waals surface area contributed by atoms with Gasteiger partial charge in [-0.25, -0.2) is 9.59 Å². The molecule has 252 valence electrons. The topological polar surface area (TPSA) is 129 Å². The quantitative estimate of drug-likeness (QED) is 0.0442. The lowest BCUT2D eigenvalue weighted by molar-refractivity contribution is -0.272. The van der Waals surface area contributed by atoms with E-state index >= 15 is 0 Å². The van der Waals surface area contributed by atoms with Crippen LogP contribution in [-0.4, -0.2) is 56.3 Å². The number of azide groups is 1. The maximum Gasteiger partial charge on any atom is 0.338 e. The van der Waals surface area contributed by atoms with Gasteiger partial charge in [0.1, 0.15) is 11.6 Å². The molecule has 0 spiro atoms. The van der Waals surface area contributed by atoms with Gasteiger partial charge in [0.15, 0.2) is 18.5 Å². The highest BCUT2D eigenvalue weighted by Gasteiger charge is 2.51. The average molecular weight is 670 g/mol. The molecule has 0 amide bonds. The summed E-state index contributed by atoms with van der Waals surface area (Å²) in [5.74, 6) is -1.41. The van der Waals surface area contributed by atoms with Gasteiger partial charge >= 0.3 is 11.9 Å². The molecule has 0 bridgehead atoms. The van der Waals surface area contributed by atoms with Crippen LogP contribution >= 0.6 is 0 Å². The number of rotatable bonds is 12. The lowest BCUT2D eigenvalue weighted by Crippen LogP contribution is -2.61. The second kappa shape index (κ2) is 16.1. The van der Waals surface area contributed by atoms with Crippen LogP contribution in [0.25, 0.3) is 10.4 Å². The van der Waals surface area contributed by atoms with Crippen molar-refractivity contribution >= 4 is 11.9 Å². The number of esters is 2. The summed E-state index contributed by atoms with van der Waals surface area (Å²) >= 11 is 0. The van der Waals surface area contributed by atoms with Gasteiger partial charge in [0.05, 0.1) is 23.8 Å². The molecule has 1 heterocycles. The maximum atomic E-state index is 13.5. The molecule has 0 radical (unpaired) electrons. The standard InChI is InChI=1S/C40H35N3O7/c1-46-39-36(50-38(45)29-19-9-3-10-20-29)35(49-37(44)28-17-7-2-8-18-28)34(42-43-41)33(48-39)27-47-40(30-21-11-4-12-22-30,31-23-13-5-14-24-31)32-25-15-6-16-26-32/h2-26,33-36,39H,27H2,1H3. The minimum absolute atomic E-state index is 0.152. The largest absolute Gasteiger partial charge is 0.454 e. The maximum absolute atomic E-state index is 13.5. The van der Waals surface area contributed by atoms with Crippen LogP contribution in [0.5, 0.6) is 0 Å². The van der Waals surface area contributed by atoms with Crippen molar-refractivity contribution in [1.29, 1.82) is 0 Å². The van der Waals surface area contributed by atoms with Crippen molar-refractivity contribution < 1.29 is 33.3 Å². The fourth-order valence-corrected chi connectivity index (χ4v) is 6.19. The highest BCUT2D eigenvalue weighted by molar-refractivity contribution is 5.90. The van der Waals surface area contributed by atoms with Crippen molar-refractivity contribution in [2.45, 2.75) is 36.2 Å². The molecule has 0 aromatic heterocycles. The van der Waals surface area contributed by atoms with Crippen LogP contribution in [0.4, 0.5) is 0 Å². The Hall–Kier alpha value is -5.77. The van der Waals surface area contributed by atoms with Crippen LogP contribution in [0, 0.1) is 0 Å². The van der Waals surface area contributed by atoms with Crippen LogP contribution in [0.15, 0.2) is 157 Å². The Labute approximate surface area is 289 Å². The number of carbonyl (C=O) groups is 2. The van der Waals surface area contributed by atoms with Gasteiger partial charge in [0.2, 0.25) is 0 Å². The van der Waals surface area contributed by atoms with Gasteiger partial charge < -0.3 is 23.7 Å². The summed E-state index contributed by atoms with van der Waals surface area (Å²) in [6, 6.07) is 44.8. The minimum Gasteiger partial charge on any atom is -0.454 e. The van der Waals surface area contributed by atoms with Crippen molar-refractivity contribution in [3.05, 3.63) is 190 Å². The van der Waals surface area contributed by atoms with Crippen LogP contribution in [0.3, 0.4) is 0 Å². The van der Waals surface area contributed by atoms with Crippen molar-refractivity contribution in [3.63, 3.8) is 0 Å². The van der Waals surface area contributed by atoms with Gasteiger partial charge in [-0.1, -0.05) is 133 Å². The molecule has 5 unspecified atom stereocenters. The zero-order valence-corrected chi connectivity index (χ0v) is 27.2. The SMILES string of the molecule is COC1OC(COC(c2ccccc2)(c2ccccc2)c2ccccc2)C(N=[N+]=[N-])C(OC(=O)c2ccccc2)C1OC(=O)c1ccccc1. The van der Waals surface area contributed by atoms with Crippen molar-refractivity contribution in [3.8, 4) is 0 Å². The van der Waals surface area contributed by atoms with E-state index in [1.165, 1.54) is 7.11 Å². The summed E-state index contributed by atoms with van der Waals surface area (Å²) in [5.41, 5.74) is 11.7. The number of hydrogen-bond acceptors (Lipinski definition) is 8. The van der Waals surface area contributed by atoms with Crippen LogP contribution < -0.4 is 0 Å². The number of hydrogen-bond donors (Lipinski definition) is 0. The van der Waals surface area contributed by atoms with E-state index in [1.807, 2.05) is 91.0 Å². The predicted octanol–water partition coefficient (Wildman–Crippen LogP) is 7.50. The fraction of sp³-hybridized carbons (Fsp3) is 0.200. The summed E-state index contributed by atoms with van der Waals surface area (Å²) < 4.78 is 31.1. The van der Waals surface area contributed by atoms with E-state index in [0.29, 0.717) is 0 Å². The van der Waals surface area contributed by atoms with Crippen LogP contribution in [-0.2, 0) is 29.3 Å². The number of ether oxygens (including phenoxy) is 5. The molecular formula is C40H35N3O7. The molecule has 10 heteroatoms. The Bertz CT molecular complexity index is 1790. The van der Waals surface area contributed by atoms with Crippen molar-refractivity contribution in [2.24, 2.45) is 5.11 Å². The fourth-order valence-electron chi connectivity index (χ4n) is 6.19. The van der Waals surface area contributed by atoms with E-state index in [1.54, 1.807) is 60.7 Å². The lowest BCUT2D eigenvalue weighted by atomic mass is 9.80. The first-order chi connectivity index (χ1) is 24.5. The zero-order valence-electron chi connectivity index (χ0n) is 27.2. The lowest BCUT2D eigenvalue weighted by Gasteiger charge is -2.44. The monoisotopic (exact) mass is 669 g/mol. The summed E-state index contributed by atoms with van der Waals surface area (Å²) in [6.07, 6.45) is -4.88. The van der Waals surface area contributed by atoms with Crippen molar-refractivity contribution in [2.75, 3.05) is 13.7 Å². The van der Waals surface area contributed by atoms with Gasteiger partial charge in [0, 0.05) is 12.0 Å². The molecule has 1 aliphatic heterocycles. The Balaban J connectivity index is 1.41. The second-order valence-electron chi connectivity index (χ2n) is 11.5. The van der Waals surface area contributed by atoms with Gasteiger partial charge in [-0.2, -0.15) is 0 Å². The molecule has 5 atom stereocenters. The Kier molecular flexibility index (Phi) is 11.0. The first-order valence-electron chi connectivity index (χ1n) is 16.1. The summed E-state index contributed by atoms with van der Waals surface area (Å²) in [6.45, 7) is -0.152. The Morgan fingerprint density at radius 2 is 1.06 bits per heavy atom. The number of carbonyl (C=O) groups excluding carboxylic acids is 2. The smallest absolute Gasteiger partial charge is 0.338 e. The highest BCUT2D eigenvalue weighted by atomic mass is 16.7. The van der Waals surface area contributed by atoms with Crippen LogP contribution in [0.1, 0.15) is 37.4 Å². The third kappa shape index (κ3) is 7.29. The van der Waals surface area contributed by atoms with Crippen LogP contribution in [0.2, 0.25) is 0 Å². The summed E-state index contributed by atoms with van der Waals surface area (Å²) in [5, 5.41) is 4.06. The highest BCUT2D eigenvalue weighted by Crippen LogP contribution is 2.41. The average Bonchev–Trinajstić information content (AvgIpc) is 3.18. The van der Waals surface area contributed by atoms with E-state index in [9.17, 15) is 15.1 Å². The Morgan fingerprint density at radius 1 is 0.660 bits per heavy atom. The van der Waals surface area contributed by atoms with E-state index in [2.05, 4.69) is 10.0 Å².